The van der Waals surface area contributed by atoms with Gasteiger partial charge < -0.3 is 9.47 Å². The van der Waals surface area contributed by atoms with Crippen LogP contribution in [-0.4, -0.2) is 24.3 Å². The first-order valence-corrected chi connectivity index (χ1v) is 3.99. The van der Waals surface area contributed by atoms with E-state index in [4.69, 9.17) is 14.7 Å². The Labute approximate surface area is 75.7 Å². The van der Waals surface area contributed by atoms with E-state index in [0.717, 1.165) is 0 Å². The fourth-order valence-corrected chi connectivity index (χ4v) is 1.01. The number of aromatic nitrogens is 1. The van der Waals surface area contributed by atoms with Crippen molar-refractivity contribution in [3.8, 4) is 11.9 Å². The zero-order chi connectivity index (χ0) is 9.10. The molecule has 0 amide bonds. The molecule has 1 saturated heterocycles. The molecule has 0 atom stereocenters. The van der Waals surface area contributed by atoms with Gasteiger partial charge in [-0.3, -0.25) is 0 Å². The quantitative estimate of drug-likeness (QED) is 0.666. The van der Waals surface area contributed by atoms with Crippen LogP contribution in [-0.2, 0) is 4.74 Å². The highest BCUT2D eigenvalue weighted by atomic mass is 16.6. The highest BCUT2D eigenvalue weighted by molar-refractivity contribution is 5.37. The number of ether oxygens (including phenoxy) is 2. The second-order valence-electron chi connectivity index (χ2n) is 2.75. The van der Waals surface area contributed by atoms with E-state index in [9.17, 15) is 0 Å². The summed E-state index contributed by atoms with van der Waals surface area (Å²) in [7, 11) is 0. The van der Waals surface area contributed by atoms with E-state index in [1.54, 1.807) is 18.3 Å². The van der Waals surface area contributed by atoms with Gasteiger partial charge in [0, 0.05) is 6.20 Å². The maximum atomic E-state index is 8.72. The van der Waals surface area contributed by atoms with Crippen LogP contribution >= 0.6 is 0 Å². The number of nitriles is 1. The average Bonchev–Trinajstić information content (AvgIpc) is 2.12. The lowest BCUT2D eigenvalue weighted by molar-refractivity contribution is -0.0814. The third-order valence-corrected chi connectivity index (χ3v) is 1.78. The van der Waals surface area contributed by atoms with Crippen LogP contribution in [0.5, 0.6) is 5.88 Å². The molecular weight excluding hydrogens is 168 g/mol. The Bertz CT molecular complexity index is 342. The summed E-state index contributed by atoms with van der Waals surface area (Å²) in [6.07, 6.45) is 1.66. The van der Waals surface area contributed by atoms with Crippen LogP contribution in [0.25, 0.3) is 0 Å². The molecular formula is C9H8N2O2. The van der Waals surface area contributed by atoms with Crippen LogP contribution in [0.2, 0.25) is 0 Å². The SMILES string of the molecule is N#Cc1cccnc1OC1COC1. The van der Waals surface area contributed by atoms with E-state index < -0.39 is 0 Å². The monoisotopic (exact) mass is 176 g/mol. The largest absolute Gasteiger partial charge is 0.468 e. The van der Waals surface area contributed by atoms with Gasteiger partial charge >= 0.3 is 0 Å². The van der Waals surface area contributed by atoms with Crippen molar-refractivity contribution < 1.29 is 9.47 Å². The van der Waals surface area contributed by atoms with Crippen LogP contribution in [0.15, 0.2) is 18.3 Å². The van der Waals surface area contributed by atoms with E-state index >= 15 is 0 Å². The summed E-state index contributed by atoms with van der Waals surface area (Å²) >= 11 is 0. The normalized spacial score (nSPS) is 15.9. The van der Waals surface area contributed by atoms with Crippen molar-refractivity contribution in [2.24, 2.45) is 0 Å². The number of nitrogens with zero attached hydrogens (tertiary/aromatic N) is 2. The minimum absolute atomic E-state index is 0.0574. The molecule has 0 aromatic carbocycles. The standard InChI is InChI=1S/C9H8N2O2/c10-4-7-2-1-3-11-9(7)13-8-5-12-6-8/h1-3,8H,5-6H2. The maximum Gasteiger partial charge on any atom is 0.232 e. The van der Waals surface area contributed by atoms with Gasteiger partial charge in [0.1, 0.15) is 17.7 Å². The van der Waals surface area contributed by atoms with Crippen molar-refractivity contribution >= 4 is 0 Å². The van der Waals surface area contributed by atoms with Crippen LogP contribution in [0, 0.1) is 11.3 Å². The predicted octanol–water partition coefficient (Wildman–Crippen LogP) is 0.731. The van der Waals surface area contributed by atoms with Crippen LogP contribution in [0.1, 0.15) is 5.56 Å². The molecule has 0 unspecified atom stereocenters. The topological polar surface area (TPSA) is 55.1 Å². The molecule has 0 bridgehead atoms. The van der Waals surface area contributed by atoms with Gasteiger partial charge in [0.2, 0.25) is 5.88 Å². The zero-order valence-corrected chi connectivity index (χ0v) is 6.93. The summed E-state index contributed by atoms with van der Waals surface area (Å²) in [5, 5.41) is 8.72. The van der Waals surface area contributed by atoms with Gasteiger partial charge in [-0.1, -0.05) is 0 Å². The molecule has 2 heterocycles. The highest BCUT2D eigenvalue weighted by Crippen LogP contribution is 2.17. The molecule has 0 radical (unpaired) electrons. The van der Waals surface area contributed by atoms with Gasteiger partial charge in [-0.15, -0.1) is 0 Å². The molecule has 4 heteroatoms. The number of rotatable bonds is 2. The number of pyridine rings is 1. The Morgan fingerprint density at radius 2 is 2.46 bits per heavy atom. The Balaban J connectivity index is 2.14. The molecule has 1 aromatic heterocycles. The molecule has 13 heavy (non-hydrogen) atoms. The summed E-state index contributed by atoms with van der Waals surface area (Å²) in [6, 6.07) is 5.41. The molecule has 1 aliphatic rings. The van der Waals surface area contributed by atoms with Gasteiger partial charge in [-0.2, -0.15) is 5.26 Å². The maximum absolute atomic E-state index is 8.72. The van der Waals surface area contributed by atoms with Crippen molar-refractivity contribution in [1.82, 2.24) is 4.98 Å². The van der Waals surface area contributed by atoms with Crippen molar-refractivity contribution in [2.75, 3.05) is 13.2 Å². The molecule has 0 spiro atoms. The Morgan fingerprint density at radius 1 is 1.62 bits per heavy atom. The Kier molecular flexibility index (Phi) is 2.11. The van der Waals surface area contributed by atoms with E-state index in [0.29, 0.717) is 24.7 Å². The molecule has 2 rings (SSSR count). The zero-order valence-electron chi connectivity index (χ0n) is 6.93. The van der Waals surface area contributed by atoms with Gasteiger partial charge in [0.15, 0.2) is 0 Å². The lowest BCUT2D eigenvalue weighted by Crippen LogP contribution is -2.38. The summed E-state index contributed by atoms with van der Waals surface area (Å²) in [5.74, 6) is 0.401. The van der Waals surface area contributed by atoms with Gasteiger partial charge in [0.05, 0.1) is 13.2 Å². The van der Waals surface area contributed by atoms with Gasteiger partial charge in [-0.25, -0.2) is 4.98 Å². The minimum atomic E-state index is 0.0574. The molecule has 1 aromatic rings. The molecule has 0 N–H and O–H groups in total. The van der Waals surface area contributed by atoms with E-state index in [2.05, 4.69) is 4.98 Å². The van der Waals surface area contributed by atoms with Gasteiger partial charge in [0.25, 0.3) is 0 Å². The van der Waals surface area contributed by atoms with Crippen molar-refractivity contribution in [3.05, 3.63) is 23.9 Å². The fourth-order valence-electron chi connectivity index (χ4n) is 1.01. The van der Waals surface area contributed by atoms with Crippen LogP contribution in [0.4, 0.5) is 0 Å². The van der Waals surface area contributed by atoms with E-state index in [1.165, 1.54) is 0 Å². The van der Waals surface area contributed by atoms with E-state index in [1.807, 2.05) is 6.07 Å². The first-order valence-electron chi connectivity index (χ1n) is 3.99. The van der Waals surface area contributed by atoms with E-state index in [-0.39, 0.29) is 6.10 Å². The molecule has 0 aliphatic carbocycles. The first kappa shape index (κ1) is 8.02. The second-order valence-corrected chi connectivity index (χ2v) is 2.75. The summed E-state index contributed by atoms with van der Waals surface area (Å²) in [6.45, 7) is 1.17. The van der Waals surface area contributed by atoms with Gasteiger partial charge in [-0.05, 0) is 12.1 Å². The predicted molar refractivity (Wildman–Crippen MR) is 44.2 cm³/mol. The van der Waals surface area contributed by atoms with Crippen LogP contribution < -0.4 is 4.74 Å². The molecule has 0 saturated carbocycles. The molecule has 1 aliphatic heterocycles. The number of hydrogen-bond acceptors (Lipinski definition) is 4. The fraction of sp³-hybridized carbons (Fsp3) is 0.333. The average molecular weight is 176 g/mol. The second kappa shape index (κ2) is 3.42. The molecule has 66 valence electrons. The first-order chi connectivity index (χ1) is 6.40. The number of hydrogen-bond donors (Lipinski definition) is 0. The summed E-state index contributed by atoms with van der Waals surface area (Å²) < 4.78 is 10.4. The lowest BCUT2D eigenvalue weighted by atomic mass is 10.3. The molecule has 4 nitrogen and oxygen atoms in total. The smallest absolute Gasteiger partial charge is 0.232 e. The summed E-state index contributed by atoms with van der Waals surface area (Å²) in [4.78, 5) is 3.97. The summed E-state index contributed by atoms with van der Waals surface area (Å²) in [5.41, 5.74) is 0.467. The van der Waals surface area contributed by atoms with Crippen molar-refractivity contribution in [2.45, 2.75) is 6.10 Å². The third-order valence-electron chi connectivity index (χ3n) is 1.78. The Morgan fingerprint density at radius 3 is 3.08 bits per heavy atom. The third kappa shape index (κ3) is 1.60. The van der Waals surface area contributed by atoms with Crippen molar-refractivity contribution in [3.63, 3.8) is 0 Å². The lowest BCUT2D eigenvalue weighted by Gasteiger charge is -2.26. The highest BCUT2D eigenvalue weighted by Gasteiger charge is 2.21. The minimum Gasteiger partial charge on any atom is -0.468 e. The van der Waals surface area contributed by atoms with Crippen LogP contribution in [0.3, 0.4) is 0 Å². The molecule has 1 fully saturated rings. The Hall–Kier alpha value is -1.60. The van der Waals surface area contributed by atoms with Crippen molar-refractivity contribution in [1.29, 1.82) is 5.26 Å².